The van der Waals surface area contributed by atoms with Crippen LogP contribution in [0, 0.1) is 79.9 Å². The first kappa shape index (κ1) is 65.6. The lowest BCUT2D eigenvalue weighted by Gasteiger charge is -2.24. The molecule has 0 saturated heterocycles. The Hall–Kier alpha value is -12.3. The van der Waals surface area contributed by atoms with E-state index in [0.29, 0.717) is 44.6 Å². The summed E-state index contributed by atoms with van der Waals surface area (Å²) in [5, 5.41) is 18.2. The molecular weight excluding hydrogens is 1300 g/mol. The van der Waals surface area contributed by atoms with Crippen molar-refractivity contribution in [1.29, 1.82) is 5.26 Å². The summed E-state index contributed by atoms with van der Waals surface area (Å²) in [7, 11) is 0. The Morgan fingerprint density at radius 2 is 0.510 bits per heavy atom. The molecule has 0 spiro atoms. The van der Waals surface area contributed by atoms with Crippen molar-refractivity contribution in [3.63, 3.8) is 0 Å². The fourth-order valence-corrected chi connectivity index (χ4v) is 15.5. The van der Waals surface area contributed by atoms with Gasteiger partial charge in [-0.15, -0.1) is 0 Å². The SMILES string of the molecule is [C-]#[N+]c1cc(-c2cc(-n3c4c(C)cccc4c4cccc(C)c43)c(C#N)c(-n3c4c(C)cccc4c4cccc(C)c43)c2)cc(C(F)(F)F)c1.[C-]#[N+]c1cc(-c2cc(-n3c4c(C)cccc4c4cccc(C)c43)c(C(F)(F)F)c(-n3c4c(C)cccc4c4cccc(C)c43)c2)cc(C(F)(F)F)c1. The third-order valence-electron chi connectivity index (χ3n) is 19.8. The molecule has 4 heterocycles. The van der Waals surface area contributed by atoms with Crippen LogP contribution in [0.15, 0.2) is 206 Å². The zero-order chi connectivity index (χ0) is 71.9. The van der Waals surface area contributed by atoms with Gasteiger partial charge in [-0.1, -0.05) is 146 Å². The Balaban J connectivity index is 0.000000165. The number of nitriles is 1. The molecule has 0 aliphatic heterocycles. The average Bonchev–Trinajstić information content (AvgIpc) is 1.53. The second-order valence-corrected chi connectivity index (χ2v) is 26.3. The minimum atomic E-state index is -4.93. The topological polar surface area (TPSA) is 52.2 Å². The first-order valence-electron chi connectivity index (χ1n) is 32.7. The van der Waals surface area contributed by atoms with Crippen LogP contribution in [0.1, 0.15) is 66.8 Å². The van der Waals surface area contributed by atoms with Crippen LogP contribution in [0.4, 0.5) is 50.9 Å². The predicted molar refractivity (Wildman–Crippen MR) is 391 cm³/mol. The van der Waals surface area contributed by atoms with Crippen molar-refractivity contribution in [1.82, 2.24) is 18.3 Å². The summed E-state index contributed by atoms with van der Waals surface area (Å²) in [5.74, 6) is 0. The van der Waals surface area contributed by atoms with Crippen LogP contribution < -0.4 is 0 Å². The van der Waals surface area contributed by atoms with Crippen molar-refractivity contribution in [2.24, 2.45) is 0 Å². The second-order valence-electron chi connectivity index (χ2n) is 26.3. The predicted octanol–water partition coefficient (Wildman–Crippen LogP) is 25.6. The van der Waals surface area contributed by atoms with Gasteiger partial charge in [0.1, 0.15) is 17.2 Å². The molecule has 16 rings (SSSR count). The molecule has 7 nitrogen and oxygen atoms in total. The molecule has 4 aromatic heterocycles. The van der Waals surface area contributed by atoms with E-state index in [9.17, 15) is 31.6 Å². The minimum absolute atomic E-state index is 0.0273. The molecule has 102 heavy (non-hydrogen) atoms. The summed E-state index contributed by atoms with van der Waals surface area (Å²) < 4.78 is 141. The van der Waals surface area contributed by atoms with Crippen LogP contribution in [-0.4, -0.2) is 18.3 Å². The normalized spacial score (nSPS) is 12.1. The van der Waals surface area contributed by atoms with Crippen molar-refractivity contribution in [3.8, 4) is 51.1 Å². The molecular formula is C86H58F9N7. The van der Waals surface area contributed by atoms with Gasteiger partial charge in [0.25, 0.3) is 0 Å². The number of aryl methyl sites for hydroxylation is 8. The Morgan fingerprint density at radius 1 is 0.294 bits per heavy atom. The van der Waals surface area contributed by atoms with Crippen LogP contribution in [-0.2, 0) is 18.5 Å². The Kier molecular flexibility index (Phi) is 15.4. The standard InChI is InChI=1S/C43H29F6N3.C43H29F3N4/c1-23-10-6-14-31-32-15-7-11-24(2)39(32)51(38(23)31)35-20-28(27-18-29(42(44,45)46)22-30(19-27)50-5)21-36(37(35)43(47,48)49)52-40-25(3)12-8-16-33(40)34-17-9-13-26(4)41(34)52;1-24-10-6-14-32-33-15-7-11-25(2)40(33)49(39(24)32)37-20-29(28-18-30(43(44,45)46)22-31(19-28)48-5)21-38(36(37)23-47)50-41-26(3)12-8-16-34(41)35-17-9-13-27(4)42(35)50/h6-22H,1-4H3;6-22H,1-4H3. The van der Waals surface area contributed by atoms with Gasteiger partial charge < -0.3 is 18.3 Å². The molecule has 0 fully saturated rings. The van der Waals surface area contributed by atoms with Crippen LogP contribution in [0.5, 0.6) is 0 Å². The molecule has 0 unspecified atom stereocenters. The van der Waals surface area contributed by atoms with Gasteiger partial charge >= 0.3 is 18.5 Å². The number of halogens is 9. The van der Waals surface area contributed by atoms with E-state index in [-0.39, 0.29) is 39.4 Å². The van der Waals surface area contributed by atoms with Gasteiger partial charge in [-0.2, -0.15) is 44.8 Å². The molecule has 0 saturated carbocycles. The Morgan fingerprint density at radius 3 is 0.716 bits per heavy atom. The van der Waals surface area contributed by atoms with E-state index in [4.69, 9.17) is 13.1 Å². The molecule has 0 N–H and O–H groups in total. The fraction of sp³-hybridized carbons (Fsp3) is 0.128. The van der Waals surface area contributed by atoms with E-state index in [1.165, 1.54) is 24.3 Å². The third-order valence-corrected chi connectivity index (χ3v) is 19.8. The van der Waals surface area contributed by atoms with Gasteiger partial charge in [0.15, 0.2) is 11.4 Å². The summed E-state index contributed by atoms with van der Waals surface area (Å²) in [6.07, 6.45) is -14.4. The van der Waals surface area contributed by atoms with Crippen molar-refractivity contribution in [3.05, 3.63) is 296 Å². The quantitative estimate of drug-likeness (QED) is 0.121. The number of nitrogens with zero attached hydrogens (tertiary/aromatic N) is 7. The number of hydrogen-bond donors (Lipinski definition) is 0. The second kappa shape index (κ2) is 24.0. The molecule has 0 radical (unpaired) electrons. The highest BCUT2D eigenvalue weighted by molar-refractivity contribution is 6.15. The van der Waals surface area contributed by atoms with E-state index in [1.807, 2.05) is 177 Å². The highest BCUT2D eigenvalue weighted by Crippen LogP contribution is 2.50. The summed E-state index contributed by atoms with van der Waals surface area (Å²) in [6.45, 7) is 30.7. The number of rotatable bonds is 6. The van der Waals surface area contributed by atoms with E-state index in [2.05, 4.69) is 49.2 Å². The molecule has 0 aliphatic carbocycles. The van der Waals surface area contributed by atoms with Gasteiger partial charge in [-0.25, -0.2) is 9.69 Å². The van der Waals surface area contributed by atoms with E-state index in [1.54, 1.807) is 21.3 Å². The lowest BCUT2D eigenvalue weighted by molar-refractivity contribution is -0.138. The maximum atomic E-state index is 16.2. The molecule has 500 valence electrons. The number of benzene rings is 12. The number of para-hydroxylation sites is 8. The van der Waals surface area contributed by atoms with Crippen molar-refractivity contribution in [2.75, 3.05) is 0 Å². The number of aromatic nitrogens is 4. The van der Waals surface area contributed by atoms with Gasteiger partial charge in [0, 0.05) is 54.2 Å². The zero-order valence-electron chi connectivity index (χ0n) is 56.2. The first-order valence-corrected chi connectivity index (χ1v) is 32.7. The average molecular weight is 1360 g/mol. The van der Waals surface area contributed by atoms with Crippen LogP contribution in [0.25, 0.3) is 142 Å². The number of fused-ring (bicyclic) bond motifs is 12. The molecule has 0 amide bonds. The first-order chi connectivity index (χ1) is 48.7. The van der Waals surface area contributed by atoms with Crippen molar-refractivity contribution in [2.45, 2.75) is 73.9 Å². The molecule has 12 aromatic carbocycles. The Bertz CT molecular complexity index is 5890. The van der Waals surface area contributed by atoms with Crippen LogP contribution in [0.2, 0.25) is 0 Å². The van der Waals surface area contributed by atoms with Crippen LogP contribution >= 0.6 is 0 Å². The summed E-state index contributed by atoms with van der Waals surface area (Å²) in [5.41, 5.74) is 11.2. The summed E-state index contributed by atoms with van der Waals surface area (Å²) >= 11 is 0. The van der Waals surface area contributed by atoms with Gasteiger partial charge in [-0.05, 0) is 183 Å². The monoisotopic (exact) mass is 1360 g/mol. The van der Waals surface area contributed by atoms with E-state index >= 15 is 13.2 Å². The van der Waals surface area contributed by atoms with Crippen molar-refractivity contribution < 1.29 is 39.5 Å². The van der Waals surface area contributed by atoms with Crippen LogP contribution in [0.3, 0.4) is 0 Å². The molecule has 16 heteroatoms. The van der Waals surface area contributed by atoms with Gasteiger partial charge in [0.2, 0.25) is 0 Å². The van der Waals surface area contributed by atoms with E-state index in [0.717, 1.165) is 134 Å². The summed E-state index contributed by atoms with van der Waals surface area (Å²) in [6, 6.07) is 61.8. The summed E-state index contributed by atoms with van der Waals surface area (Å²) in [4.78, 5) is 6.71. The minimum Gasteiger partial charge on any atom is -0.308 e. The molecule has 0 atom stereocenters. The largest absolute Gasteiger partial charge is 0.420 e. The van der Waals surface area contributed by atoms with Crippen molar-refractivity contribution >= 4 is 98.6 Å². The highest BCUT2D eigenvalue weighted by atomic mass is 19.4. The van der Waals surface area contributed by atoms with Gasteiger partial charge in [-0.3, -0.25) is 0 Å². The number of alkyl halides is 9. The third kappa shape index (κ3) is 10.4. The van der Waals surface area contributed by atoms with Gasteiger partial charge in [0.05, 0.1) is 80.0 Å². The number of hydrogen-bond acceptors (Lipinski definition) is 1. The highest BCUT2D eigenvalue weighted by Gasteiger charge is 2.41. The maximum absolute atomic E-state index is 16.2. The Labute approximate surface area is 579 Å². The lowest BCUT2D eigenvalue weighted by Crippen LogP contribution is -2.17. The zero-order valence-corrected chi connectivity index (χ0v) is 56.2. The fourth-order valence-electron chi connectivity index (χ4n) is 15.5. The molecule has 16 aromatic rings. The maximum Gasteiger partial charge on any atom is 0.420 e. The lowest BCUT2D eigenvalue weighted by atomic mass is 9.96. The van der Waals surface area contributed by atoms with E-state index < -0.39 is 35.2 Å². The smallest absolute Gasteiger partial charge is 0.308 e. The molecule has 0 aliphatic rings. The molecule has 0 bridgehead atoms.